The van der Waals surface area contributed by atoms with Crippen molar-refractivity contribution >= 4 is 17.6 Å². The molecule has 0 aliphatic rings. The van der Waals surface area contributed by atoms with Crippen LogP contribution in [-0.2, 0) is 19.1 Å². The molecule has 2 N–H and O–H groups in total. The second-order valence-electron chi connectivity index (χ2n) is 7.12. The van der Waals surface area contributed by atoms with Crippen molar-refractivity contribution in [3.8, 4) is 0 Å². The number of Topliss-reactive ketones (excluding diaryl/α,β-unsaturated/α-hetero) is 1. The van der Waals surface area contributed by atoms with E-state index in [4.69, 9.17) is 4.74 Å². The lowest BCUT2D eigenvalue weighted by molar-refractivity contribution is -0.126. The van der Waals surface area contributed by atoms with Gasteiger partial charge in [0, 0.05) is 31.8 Å². The van der Waals surface area contributed by atoms with Crippen LogP contribution in [-0.4, -0.2) is 43.9 Å². The summed E-state index contributed by atoms with van der Waals surface area (Å²) in [6.07, 6.45) is 4.81. The second-order valence-corrected chi connectivity index (χ2v) is 7.12. The first-order valence-corrected chi connectivity index (χ1v) is 9.46. The number of ether oxygens (including phenoxy) is 1. The topological polar surface area (TPSA) is 84.5 Å². The minimum Gasteiger partial charge on any atom is -0.370 e. The first kappa shape index (κ1) is 23.6. The maximum Gasteiger partial charge on any atom is 0.245 e. The third-order valence-corrected chi connectivity index (χ3v) is 3.80. The summed E-state index contributed by atoms with van der Waals surface area (Å²) in [5.74, 6) is 0.775. The van der Waals surface area contributed by atoms with E-state index in [0.29, 0.717) is 44.9 Å². The molecular weight excluding hydrogens is 320 g/mol. The Bertz CT molecular complexity index is 395. The number of carbonyl (C=O) groups excluding carboxylic acids is 3. The molecule has 0 rings (SSSR count). The molecule has 0 saturated heterocycles. The maximum atomic E-state index is 11.6. The lowest BCUT2D eigenvalue weighted by atomic mass is 10.1. The normalized spacial score (nSPS) is 11.0. The molecule has 2 amide bonds. The number of amides is 2. The van der Waals surface area contributed by atoms with Gasteiger partial charge in [0.15, 0.2) is 0 Å². The van der Waals surface area contributed by atoms with Crippen LogP contribution < -0.4 is 10.6 Å². The van der Waals surface area contributed by atoms with E-state index < -0.39 is 0 Å². The number of nitrogens with one attached hydrogen (secondary N) is 2. The van der Waals surface area contributed by atoms with Crippen LogP contribution in [0.1, 0.15) is 66.2 Å². The fraction of sp³-hybridized carbons (Fsp3) is 0.842. The van der Waals surface area contributed by atoms with Crippen LogP contribution in [0, 0.1) is 11.8 Å². The van der Waals surface area contributed by atoms with Crippen molar-refractivity contribution in [2.45, 2.75) is 66.2 Å². The molecule has 0 aromatic rings. The van der Waals surface area contributed by atoms with Crippen LogP contribution >= 0.6 is 0 Å². The van der Waals surface area contributed by atoms with Gasteiger partial charge >= 0.3 is 0 Å². The molecule has 0 atom stereocenters. The van der Waals surface area contributed by atoms with Gasteiger partial charge in [-0.2, -0.15) is 0 Å². The van der Waals surface area contributed by atoms with Gasteiger partial charge in [-0.3, -0.25) is 14.4 Å². The smallest absolute Gasteiger partial charge is 0.245 e. The van der Waals surface area contributed by atoms with Crippen molar-refractivity contribution in [3.05, 3.63) is 0 Å². The third-order valence-electron chi connectivity index (χ3n) is 3.80. The Balaban J connectivity index is 3.45. The number of hydrogen-bond acceptors (Lipinski definition) is 4. The Morgan fingerprint density at radius 3 is 2.16 bits per heavy atom. The zero-order valence-electron chi connectivity index (χ0n) is 16.4. The highest BCUT2D eigenvalue weighted by Crippen LogP contribution is 2.07. The summed E-state index contributed by atoms with van der Waals surface area (Å²) in [6.45, 7) is 9.29. The zero-order chi connectivity index (χ0) is 19.1. The fourth-order valence-corrected chi connectivity index (χ4v) is 2.18. The number of ketones is 1. The van der Waals surface area contributed by atoms with Crippen LogP contribution in [0.3, 0.4) is 0 Å². The average Bonchev–Trinajstić information content (AvgIpc) is 2.54. The summed E-state index contributed by atoms with van der Waals surface area (Å²) < 4.78 is 5.23. The average molecular weight is 357 g/mol. The number of hydrogen-bond donors (Lipinski definition) is 2. The molecule has 146 valence electrons. The molecule has 6 nitrogen and oxygen atoms in total. The lowest BCUT2D eigenvalue weighted by Crippen LogP contribution is -2.31. The highest BCUT2D eigenvalue weighted by atomic mass is 16.5. The van der Waals surface area contributed by atoms with Gasteiger partial charge in [-0.05, 0) is 18.8 Å². The summed E-state index contributed by atoms with van der Waals surface area (Å²) in [5, 5.41) is 5.50. The van der Waals surface area contributed by atoms with E-state index in [1.54, 1.807) is 0 Å². The van der Waals surface area contributed by atoms with E-state index in [1.165, 1.54) is 0 Å². The standard InChI is InChI=1S/C19H36N2O4/c1-15(2)8-5-6-10-18(23)21-12-13-25-14-19(24)20-11-7-9-17(22)16(3)4/h15-16H,5-14H2,1-4H3,(H,20,24)(H,21,23). The van der Waals surface area contributed by atoms with Gasteiger partial charge in [0.2, 0.25) is 11.8 Å². The predicted molar refractivity (Wildman–Crippen MR) is 99.2 cm³/mol. The van der Waals surface area contributed by atoms with Crippen molar-refractivity contribution in [2.75, 3.05) is 26.3 Å². The minimum absolute atomic E-state index is 0.0254. The van der Waals surface area contributed by atoms with E-state index in [-0.39, 0.29) is 30.1 Å². The van der Waals surface area contributed by atoms with Crippen LogP contribution in [0.25, 0.3) is 0 Å². The summed E-state index contributed by atoms with van der Waals surface area (Å²) >= 11 is 0. The van der Waals surface area contributed by atoms with E-state index in [1.807, 2.05) is 13.8 Å². The van der Waals surface area contributed by atoms with Crippen molar-refractivity contribution in [3.63, 3.8) is 0 Å². The molecule has 0 radical (unpaired) electrons. The molecule has 0 unspecified atom stereocenters. The van der Waals surface area contributed by atoms with Gasteiger partial charge < -0.3 is 15.4 Å². The van der Waals surface area contributed by atoms with Crippen molar-refractivity contribution < 1.29 is 19.1 Å². The third kappa shape index (κ3) is 15.8. The highest BCUT2D eigenvalue weighted by molar-refractivity contribution is 5.80. The number of unbranched alkanes of at least 4 members (excludes halogenated alkanes) is 1. The molecule has 0 bridgehead atoms. The molecule has 0 saturated carbocycles. The van der Waals surface area contributed by atoms with Gasteiger partial charge in [0.05, 0.1) is 6.61 Å². The Morgan fingerprint density at radius 2 is 1.52 bits per heavy atom. The molecule has 0 spiro atoms. The largest absolute Gasteiger partial charge is 0.370 e. The first-order chi connectivity index (χ1) is 11.8. The van der Waals surface area contributed by atoms with Crippen LogP contribution in [0.4, 0.5) is 0 Å². The molecule has 0 aromatic heterocycles. The molecular formula is C19H36N2O4. The first-order valence-electron chi connectivity index (χ1n) is 9.46. The predicted octanol–water partition coefficient (Wildman–Crippen LogP) is 2.46. The van der Waals surface area contributed by atoms with Gasteiger partial charge in [0.1, 0.15) is 12.4 Å². The van der Waals surface area contributed by atoms with Crippen molar-refractivity contribution in [1.82, 2.24) is 10.6 Å². The second kappa shape index (κ2) is 14.9. The van der Waals surface area contributed by atoms with Gasteiger partial charge in [-0.25, -0.2) is 0 Å². The number of carbonyl (C=O) groups is 3. The summed E-state index contributed by atoms with van der Waals surface area (Å²) in [4.78, 5) is 34.6. The Morgan fingerprint density at radius 1 is 0.840 bits per heavy atom. The molecule has 0 aliphatic carbocycles. The van der Waals surface area contributed by atoms with E-state index >= 15 is 0 Å². The van der Waals surface area contributed by atoms with Crippen LogP contribution in [0.2, 0.25) is 0 Å². The molecule has 0 heterocycles. The Labute approximate surface area is 152 Å². The molecule has 6 heteroatoms. The van der Waals surface area contributed by atoms with Gasteiger partial charge in [-0.1, -0.05) is 40.5 Å². The summed E-state index contributed by atoms with van der Waals surface area (Å²) in [5.41, 5.74) is 0. The van der Waals surface area contributed by atoms with Crippen LogP contribution in [0.15, 0.2) is 0 Å². The molecule has 0 aromatic carbocycles. The van der Waals surface area contributed by atoms with E-state index in [2.05, 4.69) is 24.5 Å². The van der Waals surface area contributed by atoms with Crippen molar-refractivity contribution in [1.29, 1.82) is 0 Å². The Kier molecular flexibility index (Phi) is 14.0. The zero-order valence-corrected chi connectivity index (χ0v) is 16.4. The van der Waals surface area contributed by atoms with E-state index in [9.17, 15) is 14.4 Å². The van der Waals surface area contributed by atoms with Gasteiger partial charge in [0.25, 0.3) is 0 Å². The molecule has 25 heavy (non-hydrogen) atoms. The Hall–Kier alpha value is -1.43. The van der Waals surface area contributed by atoms with Crippen molar-refractivity contribution in [2.24, 2.45) is 11.8 Å². The number of rotatable bonds is 15. The quantitative estimate of drug-likeness (QED) is 0.441. The summed E-state index contributed by atoms with van der Waals surface area (Å²) in [6, 6.07) is 0. The van der Waals surface area contributed by atoms with E-state index in [0.717, 1.165) is 19.3 Å². The molecule has 0 aliphatic heterocycles. The summed E-state index contributed by atoms with van der Waals surface area (Å²) in [7, 11) is 0. The van der Waals surface area contributed by atoms with Gasteiger partial charge in [-0.15, -0.1) is 0 Å². The maximum absolute atomic E-state index is 11.6. The highest BCUT2D eigenvalue weighted by Gasteiger charge is 2.07. The lowest BCUT2D eigenvalue weighted by Gasteiger charge is -2.08. The monoisotopic (exact) mass is 356 g/mol. The van der Waals surface area contributed by atoms with Crippen LogP contribution in [0.5, 0.6) is 0 Å². The molecule has 0 fully saturated rings. The fourth-order valence-electron chi connectivity index (χ4n) is 2.18. The minimum atomic E-state index is -0.197. The SMILES string of the molecule is CC(C)CCCCC(=O)NCCOCC(=O)NCCCC(=O)C(C)C.